The molecule has 7 heteroatoms. The van der Waals surface area contributed by atoms with Gasteiger partial charge < -0.3 is 9.30 Å². The van der Waals surface area contributed by atoms with Gasteiger partial charge in [-0.1, -0.05) is 34.8 Å². The van der Waals surface area contributed by atoms with Gasteiger partial charge in [-0.05, 0) is 36.4 Å². The molecule has 0 aliphatic carbocycles. The predicted molar refractivity (Wildman–Crippen MR) is 92.2 cm³/mol. The summed E-state index contributed by atoms with van der Waals surface area (Å²) in [5, 5.41) is 1.57. The molecule has 0 aliphatic rings. The fourth-order valence-electron chi connectivity index (χ4n) is 2.33. The summed E-state index contributed by atoms with van der Waals surface area (Å²) in [6.45, 7) is 0.00675. The number of halogens is 3. The molecule has 0 bridgehead atoms. The zero-order valence-electron chi connectivity index (χ0n) is 12.0. The number of fused-ring (bicyclic) bond motifs is 1. The standard InChI is InChI=1S/C16H11Cl3N2O2/c1-23-15(22)8-21-14-5-3-10(18)7-13(14)20-16(21)11-6-9(17)2-4-12(11)19/h2-7H,8H2,1H3. The Morgan fingerprint density at radius 1 is 1.13 bits per heavy atom. The van der Waals surface area contributed by atoms with Crippen molar-refractivity contribution in [1.82, 2.24) is 9.55 Å². The van der Waals surface area contributed by atoms with E-state index in [1.807, 2.05) is 0 Å². The van der Waals surface area contributed by atoms with Crippen molar-refractivity contribution >= 4 is 51.8 Å². The maximum Gasteiger partial charge on any atom is 0.325 e. The van der Waals surface area contributed by atoms with Gasteiger partial charge in [0.25, 0.3) is 0 Å². The van der Waals surface area contributed by atoms with E-state index < -0.39 is 5.97 Å². The van der Waals surface area contributed by atoms with Crippen molar-refractivity contribution in [2.24, 2.45) is 0 Å². The molecule has 0 spiro atoms. The number of esters is 1. The molecule has 0 saturated carbocycles. The fraction of sp³-hybridized carbons (Fsp3) is 0.125. The number of ether oxygens (including phenoxy) is 1. The summed E-state index contributed by atoms with van der Waals surface area (Å²) in [6, 6.07) is 10.4. The van der Waals surface area contributed by atoms with Crippen molar-refractivity contribution in [2.75, 3.05) is 7.11 Å². The second-order valence-electron chi connectivity index (χ2n) is 4.85. The van der Waals surface area contributed by atoms with E-state index in [2.05, 4.69) is 4.98 Å². The van der Waals surface area contributed by atoms with Gasteiger partial charge in [-0.2, -0.15) is 0 Å². The summed E-state index contributed by atoms with van der Waals surface area (Å²) in [5.74, 6) is 0.138. The highest BCUT2D eigenvalue weighted by Gasteiger charge is 2.18. The van der Waals surface area contributed by atoms with E-state index in [9.17, 15) is 4.79 Å². The van der Waals surface area contributed by atoms with Crippen LogP contribution < -0.4 is 0 Å². The fourth-order valence-corrected chi connectivity index (χ4v) is 2.87. The first-order chi connectivity index (χ1) is 11.0. The van der Waals surface area contributed by atoms with Gasteiger partial charge in [-0.25, -0.2) is 4.98 Å². The van der Waals surface area contributed by atoms with E-state index in [-0.39, 0.29) is 6.54 Å². The minimum Gasteiger partial charge on any atom is -0.468 e. The Labute approximate surface area is 147 Å². The summed E-state index contributed by atoms with van der Waals surface area (Å²) in [5.41, 5.74) is 2.05. The number of rotatable bonds is 3. The molecule has 1 aromatic heterocycles. The van der Waals surface area contributed by atoms with Crippen LogP contribution in [-0.2, 0) is 16.1 Å². The molecule has 0 fully saturated rings. The summed E-state index contributed by atoms with van der Waals surface area (Å²) in [6.07, 6.45) is 0. The van der Waals surface area contributed by atoms with Crippen molar-refractivity contribution in [3.05, 3.63) is 51.5 Å². The topological polar surface area (TPSA) is 44.1 Å². The van der Waals surface area contributed by atoms with Crippen LogP contribution in [0.4, 0.5) is 0 Å². The Balaban J connectivity index is 2.28. The average molecular weight is 370 g/mol. The number of hydrogen-bond donors (Lipinski definition) is 0. The Morgan fingerprint density at radius 3 is 2.57 bits per heavy atom. The minimum absolute atomic E-state index is 0.00675. The lowest BCUT2D eigenvalue weighted by molar-refractivity contribution is -0.141. The van der Waals surface area contributed by atoms with Gasteiger partial charge in [0.15, 0.2) is 0 Å². The predicted octanol–water partition coefficient (Wildman–Crippen LogP) is 4.84. The number of methoxy groups -OCH3 is 1. The van der Waals surface area contributed by atoms with E-state index in [0.717, 1.165) is 5.52 Å². The maximum absolute atomic E-state index is 11.8. The van der Waals surface area contributed by atoms with Gasteiger partial charge >= 0.3 is 5.97 Å². The second-order valence-corrected chi connectivity index (χ2v) is 6.13. The lowest BCUT2D eigenvalue weighted by Crippen LogP contribution is -2.12. The van der Waals surface area contributed by atoms with Crippen LogP contribution in [-0.4, -0.2) is 22.6 Å². The van der Waals surface area contributed by atoms with Gasteiger partial charge in [0.2, 0.25) is 0 Å². The quantitative estimate of drug-likeness (QED) is 0.621. The van der Waals surface area contributed by atoms with E-state index >= 15 is 0 Å². The minimum atomic E-state index is -0.390. The van der Waals surface area contributed by atoms with Crippen molar-refractivity contribution in [2.45, 2.75) is 6.54 Å². The summed E-state index contributed by atoms with van der Waals surface area (Å²) in [7, 11) is 1.34. The molecule has 0 amide bonds. The first-order valence-corrected chi connectivity index (χ1v) is 7.81. The third-order valence-corrected chi connectivity index (χ3v) is 4.19. The third-order valence-electron chi connectivity index (χ3n) is 3.39. The Morgan fingerprint density at radius 2 is 1.83 bits per heavy atom. The van der Waals surface area contributed by atoms with Gasteiger partial charge in [0.1, 0.15) is 12.4 Å². The molecule has 118 valence electrons. The number of carbonyl (C=O) groups excluding carboxylic acids is 1. The third kappa shape index (κ3) is 3.15. The van der Waals surface area contributed by atoms with Crippen LogP contribution in [0.3, 0.4) is 0 Å². The average Bonchev–Trinajstić information content (AvgIpc) is 2.87. The zero-order valence-corrected chi connectivity index (χ0v) is 14.3. The highest BCUT2D eigenvalue weighted by molar-refractivity contribution is 6.35. The SMILES string of the molecule is COC(=O)Cn1c(-c2cc(Cl)ccc2Cl)nc2cc(Cl)ccc21. The molecule has 2 aromatic carbocycles. The summed E-state index contributed by atoms with van der Waals surface area (Å²) < 4.78 is 6.50. The van der Waals surface area contributed by atoms with Gasteiger partial charge in [-0.3, -0.25) is 4.79 Å². The smallest absolute Gasteiger partial charge is 0.325 e. The van der Waals surface area contributed by atoms with Gasteiger partial charge in [-0.15, -0.1) is 0 Å². The van der Waals surface area contributed by atoms with Gasteiger partial charge in [0, 0.05) is 15.6 Å². The number of imidazole rings is 1. The van der Waals surface area contributed by atoms with Crippen LogP contribution in [0.5, 0.6) is 0 Å². The first kappa shape index (κ1) is 16.1. The molecular weight excluding hydrogens is 359 g/mol. The molecule has 0 radical (unpaired) electrons. The van der Waals surface area contributed by atoms with Crippen molar-refractivity contribution in [3.8, 4) is 11.4 Å². The maximum atomic E-state index is 11.8. The Bertz CT molecular complexity index is 906. The van der Waals surface area contributed by atoms with Crippen LogP contribution in [0.15, 0.2) is 36.4 Å². The highest BCUT2D eigenvalue weighted by Crippen LogP contribution is 2.33. The van der Waals surface area contributed by atoms with Crippen LogP contribution in [0, 0.1) is 0 Å². The molecule has 4 nitrogen and oxygen atoms in total. The summed E-state index contributed by atoms with van der Waals surface area (Å²) in [4.78, 5) is 16.3. The molecule has 0 aliphatic heterocycles. The molecule has 23 heavy (non-hydrogen) atoms. The lowest BCUT2D eigenvalue weighted by atomic mass is 10.2. The number of hydrogen-bond acceptors (Lipinski definition) is 3. The van der Waals surface area contributed by atoms with Crippen LogP contribution >= 0.6 is 34.8 Å². The molecule has 3 rings (SSSR count). The van der Waals surface area contributed by atoms with Gasteiger partial charge in [0.05, 0.1) is 23.2 Å². The van der Waals surface area contributed by atoms with Crippen molar-refractivity contribution in [1.29, 1.82) is 0 Å². The van der Waals surface area contributed by atoms with Crippen LogP contribution in [0.1, 0.15) is 0 Å². The molecule has 0 saturated heterocycles. The number of aromatic nitrogens is 2. The monoisotopic (exact) mass is 368 g/mol. The zero-order chi connectivity index (χ0) is 16.6. The Kier molecular flexibility index (Phi) is 4.48. The largest absolute Gasteiger partial charge is 0.468 e. The normalized spacial score (nSPS) is 11.0. The first-order valence-electron chi connectivity index (χ1n) is 6.67. The molecule has 0 atom stereocenters. The Hall–Kier alpha value is -1.75. The van der Waals surface area contributed by atoms with Crippen molar-refractivity contribution < 1.29 is 9.53 Å². The summed E-state index contributed by atoms with van der Waals surface area (Å²) >= 11 is 18.4. The number of carbonyl (C=O) groups is 1. The number of nitrogens with zero attached hydrogens (tertiary/aromatic N) is 2. The number of benzene rings is 2. The molecular formula is C16H11Cl3N2O2. The van der Waals surface area contributed by atoms with E-state index in [4.69, 9.17) is 39.5 Å². The van der Waals surface area contributed by atoms with Crippen molar-refractivity contribution in [3.63, 3.8) is 0 Å². The van der Waals surface area contributed by atoms with E-state index in [0.29, 0.717) is 32.0 Å². The van der Waals surface area contributed by atoms with E-state index in [1.54, 1.807) is 41.0 Å². The highest BCUT2D eigenvalue weighted by atomic mass is 35.5. The molecule has 3 aromatic rings. The second kappa shape index (κ2) is 6.40. The van der Waals surface area contributed by atoms with E-state index in [1.165, 1.54) is 7.11 Å². The molecule has 0 N–H and O–H groups in total. The lowest BCUT2D eigenvalue weighted by Gasteiger charge is -2.09. The van der Waals surface area contributed by atoms with Crippen LogP contribution in [0.2, 0.25) is 15.1 Å². The molecule has 0 unspecified atom stereocenters. The van der Waals surface area contributed by atoms with Crippen LogP contribution in [0.25, 0.3) is 22.4 Å². The molecule has 1 heterocycles.